The van der Waals surface area contributed by atoms with Crippen LogP contribution in [0, 0.1) is 5.41 Å². The quantitative estimate of drug-likeness (QED) is 0.788. The third kappa shape index (κ3) is 2.41. The molecule has 0 aromatic heterocycles. The van der Waals surface area contributed by atoms with Gasteiger partial charge in [0.15, 0.2) is 0 Å². The Bertz CT molecular complexity index is 288. The molecule has 1 rings (SSSR count). The number of carbonyl (C=O) groups excluding carboxylic acids is 1. The molecule has 2 N–H and O–H groups in total. The summed E-state index contributed by atoms with van der Waals surface area (Å²) in [5, 5.41) is 0. The first-order valence-electron chi connectivity index (χ1n) is 7.08. The highest BCUT2D eigenvalue weighted by Gasteiger charge is 2.55. The molecule has 4 heteroatoms. The van der Waals surface area contributed by atoms with Gasteiger partial charge in [0.05, 0.1) is 12.1 Å². The number of nitrogens with two attached hydrogens (primary N) is 1. The van der Waals surface area contributed by atoms with Gasteiger partial charge in [0.25, 0.3) is 0 Å². The molecular weight excluding hydrogens is 228 g/mol. The van der Waals surface area contributed by atoms with Gasteiger partial charge >= 0.3 is 0 Å². The van der Waals surface area contributed by atoms with Crippen molar-refractivity contribution in [3.05, 3.63) is 0 Å². The maximum atomic E-state index is 12.0. The summed E-state index contributed by atoms with van der Waals surface area (Å²) < 4.78 is 5.83. The van der Waals surface area contributed by atoms with E-state index in [0.717, 1.165) is 25.9 Å². The van der Waals surface area contributed by atoms with Gasteiger partial charge in [-0.25, -0.2) is 0 Å². The van der Waals surface area contributed by atoms with Crippen molar-refractivity contribution in [1.82, 2.24) is 4.90 Å². The number of hydrogen-bond donors (Lipinski definition) is 1. The third-order valence-electron chi connectivity index (χ3n) is 4.63. The van der Waals surface area contributed by atoms with Gasteiger partial charge in [-0.2, -0.15) is 0 Å². The number of nitrogens with zero attached hydrogens (tertiary/aromatic N) is 1. The first-order chi connectivity index (χ1) is 8.44. The van der Waals surface area contributed by atoms with Crippen molar-refractivity contribution < 1.29 is 9.53 Å². The lowest BCUT2D eigenvalue weighted by Crippen LogP contribution is -2.65. The number of carbonyl (C=O) groups is 1. The van der Waals surface area contributed by atoms with Crippen LogP contribution in [0.1, 0.15) is 47.0 Å². The van der Waals surface area contributed by atoms with Crippen LogP contribution in [0.3, 0.4) is 0 Å². The Labute approximate surface area is 111 Å². The standard InChI is InChI=1S/C14H28N2O2/c1-6-14(7-2)11(9-12(14)18-8-3)16(5)13(17)10(4)15/h10-12H,6-9,15H2,1-5H3/t10-,11?,12?/m0/s1. The van der Waals surface area contributed by atoms with E-state index in [1.54, 1.807) is 6.92 Å². The molecule has 1 aliphatic carbocycles. The normalized spacial score (nSPS) is 27.4. The van der Waals surface area contributed by atoms with E-state index in [2.05, 4.69) is 13.8 Å². The average Bonchev–Trinajstić information content (AvgIpc) is 2.34. The zero-order valence-electron chi connectivity index (χ0n) is 12.4. The van der Waals surface area contributed by atoms with Gasteiger partial charge < -0.3 is 15.4 Å². The maximum Gasteiger partial charge on any atom is 0.239 e. The second-order valence-corrected chi connectivity index (χ2v) is 5.37. The highest BCUT2D eigenvalue weighted by atomic mass is 16.5. The number of ether oxygens (including phenoxy) is 1. The minimum absolute atomic E-state index is 0.0289. The Morgan fingerprint density at radius 3 is 2.39 bits per heavy atom. The number of hydrogen-bond acceptors (Lipinski definition) is 3. The zero-order chi connectivity index (χ0) is 13.9. The summed E-state index contributed by atoms with van der Waals surface area (Å²) in [4.78, 5) is 13.9. The molecule has 1 aliphatic rings. The summed E-state index contributed by atoms with van der Waals surface area (Å²) >= 11 is 0. The molecule has 106 valence electrons. The molecule has 18 heavy (non-hydrogen) atoms. The Morgan fingerprint density at radius 1 is 1.44 bits per heavy atom. The molecule has 1 fully saturated rings. The number of likely N-dealkylation sites (N-methyl/N-ethyl adjacent to an activating group) is 1. The Hall–Kier alpha value is -0.610. The third-order valence-corrected chi connectivity index (χ3v) is 4.63. The van der Waals surface area contributed by atoms with Crippen molar-refractivity contribution in [3.63, 3.8) is 0 Å². The fourth-order valence-electron chi connectivity index (χ4n) is 3.36. The van der Waals surface area contributed by atoms with Crippen LogP contribution in [0.15, 0.2) is 0 Å². The van der Waals surface area contributed by atoms with Crippen molar-refractivity contribution in [2.24, 2.45) is 11.1 Å². The molecule has 0 heterocycles. The molecule has 0 bridgehead atoms. The Balaban J connectivity index is 2.81. The van der Waals surface area contributed by atoms with Gasteiger partial charge in [-0.1, -0.05) is 13.8 Å². The lowest BCUT2D eigenvalue weighted by atomic mass is 9.58. The molecular formula is C14H28N2O2. The summed E-state index contributed by atoms with van der Waals surface area (Å²) in [5.41, 5.74) is 5.80. The first kappa shape index (κ1) is 15.4. The van der Waals surface area contributed by atoms with E-state index in [4.69, 9.17) is 10.5 Å². The number of rotatable bonds is 6. The van der Waals surface area contributed by atoms with Crippen LogP contribution in [-0.2, 0) is 9.53 Å². The Kier molecular flexibility index (Phi) is 5.17. The number of amides is 1. The van der Waals surface area contributed by atoms with Gasteiger partial charge in [0.1, 0.15) is 0 Å². The molecule has 0 aromatic rings. The Morgan fingerprint density at radius 2 is 2.00 bits per heavy atom. The molecule has 0 aliphatic heterocycles. The topological polar surface area (TPSA) is 55.6 Å². The van der Waals surface area contributed by atoms with E-state index in [-0.39, 0.29) is 23.5 Å². The molecule has 0 aromatic carbocycles. The van der Waals surface area contributed by atoms with Crippen molar-refractivity contribution in [2.45, 2.75) is 65.1 Å². The summed E-state index contributed by atoms with van der Waals surface area (Å²) in [6.07, 6.45) is 3.29. The van der Waals surface area contributed by atoms with Gasteiger partial charge in [-0.15, -0.1) is 0 Å². The molecule has 1 amide bonds. The van der Waals surface area contributed by atoms with Crippen LogP contribution in [0.4, 0.5) is 0 Å². The molecule has 4 nitrogen and oxygen atoms in total. The van der Waals surface area contributed by atoms with Crippen LogP contribution < -0.4 is 5.73 Å². The molecule has 1 saturated carbocycles. The predicted octanol–water partition coefficient (Wildman–Crippen LogP) is 1.78. The molecule has 0 spiro atoms. The monoisotopic (exact) mass is 256 g/mol. The first-order valence-corrected chi connectivity index (χ1v) is 7.08. The minimum atomic E-state index is -0.424. The minimum Gasteiger partial charge on any atom is -0.378 e. The van der Waals surface area contributed by atoms with E-state index >= 15 is 0 Å². The van der Waals surface area contributed by atoms with Crippen molar-refractivity contribution in [1.29, 1.82) is 0 Å². The molecule has 3 atom stereocenters. The highest BCUT2D eigenvalue weighted by molar-refractivity contribution is 5.81. The second kappa shape index (κ2) is 6.02. The van der Waals surface area contributed by atoms with Crippen LogP contribution >= 0.6 is 0 Å². The summed E-state index contributed by atoms with van der Waals surface area (Å²) in [5.74, 6) is 0.0289. The average molecular weight is 256 g/mol. The van der Waals surface area contributed by atoms with Gasteiger partial charge in [-0.05, 0) is 33.1 Å². The predicted molar refractivity (Wildman–Crippen MR) is 73.3 cm³/mol. The van der Waals surface area contributed by atoms with E-state index < -0.39 is 6.04 Å². The second-order valence-electron chi connectivity index (χ2n) is 5.37. The molecule has 0 saturated heterocycles. The van der Waals surface area contributed by atoms with Crippen LogP contribution in [0.2, 0.25) is 0 Å². The van der Waals surface area contributed by atoms with Crippen LogP contribution in [0.25, 0.3) is 0 Å². The summed E-state index contributed by atoms with van der Waals surface area (Å²) in [6, 6.07) is -0.157. The van der Waals surface area contributed by atoms with Crippen molar-refractivity contribution >= 4 is 5.91 Å². The fraction of sp³-hybridized carbons (Fsp3) is 0.929. The van der Waals surface area contributed by atoms with Crippen LogP contribution in [0.5, 0.6) is 0 Å². The van der Waals surface area contributed by atoms with Crippen molar-refractivity contribution in [2.75, 3.05) is 13.7 Å². The smallest absolute Gasteiger partial charge is 0.239 e. The largest absolute Gasteiger partial charge is 0.378 e. The lowest BCUT2D eigenvalue weighted by Gasteiger charge is -2.58. The van der Waals surface area contributed by atoms with Gasteiger partial charge in [-0.3, -0.25) is 4.79 Å². The summed E-state index contributed by atoms with van der Waals surface area (Å²) in [7, 11) is 1.87. The summed E-state index contributed by atoms with van der Waals surface area (Å²) in [6.45, 7) is 8.89. The van der Waals surface area contributed by atoms with E-state index in [9.17, 15) is 4.79 Å². The van der Waals surface area contributed by atoms with Gasteiger partial charge in [0.2, 0.25) is 5.91 Å². The lowest BCUT2D eigenvalue weighted by molar-refractivity contribution is -0.177. The fourth-order valence-corrected chi connectivity index (χ4v) is 3.36. The SMILES string of the molecule is CCOC1CC(N(C)C(=O)[C@H](C)N)C1(CC)CC. The molecule has 0 radical (unpaired) electrons. The van der Waals surface area contributed by atoms with E-state index in [1.165, 1.54) is 0 Å². The van der Waals surface area contributed by atoms with E-state index in [0.29, 0.717) is 0 Å². The van der Waals surface area contributed by atoms with Crippen LogP contribution in [-0.4, -0.2) is 42.6 Å². The van der Waals surface area contributed by atoms with Crippen molar-refractivity contribution in [3.8, 4) is 0 Å². The molecule has 2 unspecified atom stereocenters. The zero-order valence-corrected chi connectivity index (χ0v) is 12.4. The van der Waals surface area contributed by atoms with Gasteiger partial charge in [0, 0.05) is 25.1 Å². The highest BCUT2D eigenvalue weighted by Crippen LogP contribution is 2.51. The maximum absolute atomic E-state index is 12.0. The van der Waals surface area contributed by atoms with E-state index in [1.807, 2.05) is 18.9 Å².